The number of hydrogen-bond donors (Lipinski definition) is 0. The average molecular weight is 272 g/mol. The number of para-hydroxylation sites is 2. The van der Waals surface area contributed by atoms with Crippen LogP contribution in [0.2, 0.25) is 0 Å². The van der Waals surface area contributed by atoms with Gasteiger partial charge in [0.1, 0.15) is 5.75 Å². The first kappa shape index (κ1) is 12.7. The van der Waals surface area contributed by atoms with Gasteiger partial charge in [0.05, 0.1) is 20.3 Å². The molecule has 0 aromatic heterocycles. The van der Waals surface area contributed by atoms with Crippen molar-refractivity contribution in [3.05, 3.63) is 42.5 Å². The Bertz CT molecular complexity index is 595. The predicted octanol–water partition coefficient (Wildman–Crippen LogP) is 3.65. The summed E-state index contributed by atoms with van der Waals surface area (Å²) in [5.74, 6) is 3.51. The van der Waals surface area contributed by atoms with Crippen LogP contribution in [-0.2, 0) is 0 Å². The van der Waals surface area contributed by atoms with Gasteiger partial charge in [-0.1, -0.05) is 12.1 Å². The van der Waals surface area contributed by atoms with Gasteiger partial charge in [-0.05, 0) is 24.3 Å². The largest absolute Gasteiger partial charge is 0.497 e. The second-order valence-electron chi connectivity index (χ2n) is 4.41. The molecule has 1 aliphatic rings. The Balaban J connectivity index is 1.99. The summed E-state index contributed by atoms with van der Waals surface area (Å²) in [6.07, 6.45) is 0.811. The Labute approximate surface area is 117 Å². The smallest absolute Gasteiger partial charge is 0.169 e. The van der Waals surface area contributed by atoms with Crippen molar-refractivity contribution < 1.29 is 18.9 Å². The topological polar surface area (TPSA) is 36.9 Å². The minimum Gasteiger partial charge on any atom is -0.497 e. The maximum atomic E-state index is 5.91. The number of ether oxygens (including phenoxy) is 4. The third-order valence-electron chi connectivity index (χ3n) is 3.02. The van der Waals surface area contributed by atoms with Gasteiger partial charge in [0.25, 0.3) is 0 Å². The van der Waals surface area contributed by atoms with Gasteiger partial charge in [0, 0.05) is 12.5 Å². The molecule has 4 heteroatoms. The van der Waals surface area contributed by atoms with E-state index in [0.717, 1.165) is 17.9 Å². The van der Waals surface area contributed by atoms with Crippen molar-refractivity contribution in [3.8, 4) is 28.7 Å². The molecule has 0 unspecified atom stereocenters. The van der Waals surface area contributed by atoms with Crippen molar-refractivity contribution in [2.24, 2.45) is 0 Å². The van der Waals surface area contributed by atoms with Crippen LogP contribution in [0.3, 0.4) is 0 Å². The molecule has 2 aromatic rings. The Morgan fingerprint density at radius 2 is 1.55 bits per heavy atom. The van der Waals surface area contributed by atoms with Crippen molar-refractivity contribution in [3.63, 3.8) is 0 Å². The summed E-state index contributed by atoms with van der Waals surface area (Å²) in [5, 5.41) is 0. The first-order valence-corrected chi connectivity index (χ1v) is 6.57. The minimum absolute atomic E-state index is 0.575. The number of benzene rings is 2. The molecule has 104 valence electrons. The van der Waals surface area contributed by atoms with Crippen LogP contribution in [-0.4, -0.2) is 20.3 Å². The molecule has 0 spiro atoms. The number of fused-ring (bicyclic) bond motifs is 2. The zero-order chi connectivity index (χ0) is 13.8. The fourth-order valence-corrected chi connectivity index (χ4v) is 2.01. The van der Waals surface area contributed by atoms with E-state index >= 15 is 0 Å². The Hall–Kier alpha value is -2.36. The summed E-state index contributed by atoms with van der Waals surface area (Å²) in [5.41, 5.74) is 0. The molecule has 1 heterocycles. The van der Waals surface area contributed by atoms with Crippen molar-refractivity contribution in [2.75, 3.05) is 20.3 Å². The molecule has 0 amide bonds. The van der Waals surface area contributed by atoms with Gasteiger partial charge in [-0.2, -0.15) is 0 Å². The highest BCUT2D eigenvalue weighted by Gasteiger charge is 2.13. The molecule has 0 saturated heterocycles. The van der Waals surface area contributed by atoms with E-state index in [1.165, 1.54) is 0 Å². The van der Waals surface area contributed by atoms with Crippen LogP contribution in [0.25, 0.3) is 0 Å². The van der Waals surface area contributed by atoms with Crippen molar-refractivity contribution in [1.82, 2.24) is 0 Å². The Morgan fingerprint density at radius 3 is 2.35 bits per heavy atom. The summed E-state index contributed by atoms with van der Waals surface area (Å²) >= 11 is 0. The first-order chi connectivity index (χ1) is 9.86. The predicted molar refractivity (Wildman–Crippen MR) is 75.1 cm³/mol. The van der Waals surface area contributed by atoms with E-state index in [9.17, 15) is 0 Å². The molecule has 0 atom stereocenters. The average Bonchev–Trinajstić information content (AvgIpc) is 2.50. The van der Waals surface area contributed by atoms with Crippen molar-refractivity contribution >= 4 is 0 Å². The summed E-state index contributed by atoms with van der Waals surface area (Å²) in [6.45, 7) is 1.17. The van der Waals surface area contributed by atoms with Gasteiger partial charge in [-0.3, -0.25) is 0 Å². The quantitative estimate of drug-likeness (QED) is 0.794. The second kappa shape index (κ2) is 5.74. The molecule has 0 bridgehead atoms. The molecule has 20 heavy (non-hydrogen) atoms. The molecule has 0 radical (unpaired) electrons. The summed E-state index contributed by atoms with van der Waals surface area (Å²) in [7, 11) is 1.63. The monoisotopic (exact) mass is 272 g/mol. The molecule has 4 nitrogen and oxygen atoms in total. The molecule has 1 aliphatic heterocycles. The molecule has 3 rings (SSSR count). The SMILES string of the molecule is COc1ccc2c(c1)OCCCOc1ccccc1O2. The molecule has 0 fully saturated rings. The third-order valence-corrected chi connectivity index (χ3v) is 3.02. The van der Waals surface area contributed by atoms with Crippen LogP contribution in [0.1, 0.15) is 6.42 Å². The van der Waals surface area contributed by atoms with Crippen molar-refractivity contribution in [2.45, 2.75) is 6.42 Å². The fraction of sp³-hybridized carbons (Fsp3) is 0.250. The van der Waals surface area contributed by atoms with Crippen LogP contribution >= 0.6 is 0 Å². The maximum absolute atomic E-state index is 5.91. The zero-order valence-corrected chi connectivity index (χ0v) is 11.3. The number of methoxy groups -OCH3 is 1. The van der Waals surface area contributed by atoms with Gasteiger partial charge >= 0.3 is 0 Å². The van der Waals surface area contributed by atoms with E-state index in [2.05, 4.69) is 0 Å². The van der Waals surface area contributed by atoms with Crippen LogP contribution in [0.15, 0.2) is 42.5 Å². The molecule has 2 aromatic carbocycles. The van der Waals surface area contributed by atoms with Crippen LogP contribution in [0, 0.1) is 0 Å². The summed E-state index contributed by atoms with van der Waals surface area (Å²) in [6, 6.07) is 13.1. The molecule has 0 saturated carbocycles. The number of hydrogen-bond acceptors (Lipinski definition) is 4. The van der Waals surface area contributed by atoms with E-state index in [-0.39, 0.29) is 0 Å². The van der Waals surface area contributed by atoms with Crippen LogP contribution in [0.5, 0.6) is 28.7 Å². The molecule has 0 N–H and O–H groups in total. The minimum atomic E-state index is 0.575. The summed E-state index contributed by atoms with van der Waals surface area (Å²) < 4.78 is 22.6. The zero-order valence-electron chi connectivity index (χ0n) is 11.3. The van der Waals surface area contributed by atoms with Gasteiger partial charge in [0.15, 0.2) is 23.0 Å². The van der Waals surface area contributed by atoms with Gasteiger partial charge < -0.3 is 18.9 Å². The van der Waals surface area contributed by atoms with Crippen LogP contribution in [0.4, 0.5) is 0 Å². The highest BCUT2D eigenvalue weighted by molar-refractivity contribution is 5.50. The van der Waals surface area contributed by atoms with Crippen molar-refractivity contribution in [1.29, 1.82) is 0 Å². The fourth-order valence-electron chi connectivity index (χ4n) is 2.01. The van der Waals surface area contributed by atoms with E-state index in [4.69, 9.17) is 18.9 Å². The normalized spacial score (nSPS) is 13.8. The Kier molecular flexibility index (Phi) is 3.63. The van der Waals surface area contributed by atoms with E-state index < -0.39 is 0 Å². The number of rotatable bonds is 1. The third kappa shape index (κ3) is 2.64. The lowest BCUT2D eigenvalue weighted by molar-refractivity contribution is 0.227. The molecule has 0 aliphatic carbocycles. The lowest BCUT2D eigenvalue weighted by Crippen LogP contribution is -2.08. The van der Waals surface area contributed by atoms with Gasteiger partial charge in [-0.25, -0.2) is 0 Å². The van der Waals surface area contributed by atoms with E-state index in [1.807, 2.05) is 42.5 Å². The Morgan fingerprint density at radius 1 is 0.850 bits per heavy atom. The van der Waals surface area contributed by atoms with E-state index in [1.54, 1.807) is 7.11 Å². The van der Waals surface area contributed by atoms with Gasteiger partial charge in [-0.15, -0.1) is 0 Å². The van der Waals surface area contributed by atoms with Crippen LogP contribution < -0.4 is 18.9 Å². The van der Waals surface area contributed by atoms with E-state index in [0.29, 0.717) is 30.5 Å². The summed E-state index contributed by atoms with van der Waals surface area (Å²) in [4.78, 5) is 0. The second-order valence-corrected chi connectivity index (χ2v) is 4.41. The van der Waals surface area contributed by atoms with Gasteiger partial charge in [0.2, 0.25) is 0 Å². The first-order valence-electron chi connectivity index (χ1n) is 6.57. The molecular weight excluding hydrogens is 256 g/mol. The highest BCUT2D eigenvalue weighted by atomic mass is 16.5. The standard InChI is InChI=1S/C16H16O4/c1-17-12-7-8-15-16(11-12)19-10-4-9-18-13-5-2-3-6-14(13)20-15/h2-3,5-8,11H,4,9-10H2,1H3. The molecular formula is C16H16O4. The lowest BCUT2D eigenvalue weighted by atomic mass is 10.2. The lowest BCUT2D eigenvalue weighted by Gasteiger charge is -2.18. The maximum Gasteiger partial charge on any atom is 0.169 e. The highest BCUT2D eigenvalue weighted by Crippen LogP contribution is 2.38.